The highest BCUT2D eigenvalue weighted by Gasteiger charge is 2.28. The van der Waals surface area contributed by atoms with Crippen molar-refractivity contribution in [3.05, 3.63) is 47.8 Å². The van der Waals surface area contributed by atoms with E-state index >= 15 is 0 Å². The van der Waals surface area contributed by atoms with Crippen molar-refractivity contribution in [3.8, 4) is 0 Å². The molecule has 22 heavy (non-hydrogen) atoms. The molecule has 1 aromatic heterocycles. The first-order valence-electron chi connectivity index (χ1n) is 6.84. The van der Waals surface area contributed by atoms with Crippen LogP contribution in [0.1, 0.15) is 29.9 Å². The first-order chi connectivity index (χ1) is 10.4. The van der Waals surface area contributed by atoms with Crippen LogP contribution in [0, 0.1) is 5.41 Å². The number of hydrogen-bond acceptors (Lipinski definition) is 4. The van der Waals surface area contributed by atoms with Crippen molar-refractivity contribution in [2.75, 3.05) is 6.54 Å². The number of aliphatic carboxylic acids is 1. The third-order valence-electron chi connectivity index (χ3n) is 3.23. The van der Waals surface area contributed by atoms with Gasteiger partial charge in [-0.25, -0.2) is 4.68 Å². The highest BCUT2D eigenvalue weighted by atomic mass is 16.4. The second kappa shape index (κ2) is 6.38. The lowest BCUT2D eigenvalue weighted by Gasteiger charge is -2.18. The highest BCUT2D eigenvalue weighted by molar-refractivity contribution is 5.92. The van der Waals surface area contributed by atoms with Crippen LogP contribution < -0.4 is 5.32 Å². The van der Waals surface area contributed by atoms with Gasteiger partial charge >= 0.3 is 5.97 Å². The second-order valence-corrected chi connectivity index (χ2v) is 5.66. The van der Waals surface area contributed by atoms with Crippen molar-refractivity contribution in [1.82, 2.24) is 20.3 Å². The largest absolute Gasteiger partial charge is 0.481 e. The molecule has 0 unspecified atom stereocenters. The lowest BCUT2D eigenvalue weighted by molar-refractivity contribution is -0.146. The summed E-state index contributed by atoms with van der Waals surface area (Å²) in [6, 6.07) is 9.68. The Kier molecular flexibility index (Phi) is 4.55. The molecule has 116 valence electrons. The lowest BCUT2D eigenvalue weighted by Crippen LogP contribution is -2.39. The Hall–Kier alpha value is -2.70. The zero-order valence-electron chi connectivity index (χ0n) is 12.5. The number of aromatic nitrogens is 3. The summed E-state index contributed by atoms with van der Waals surface area (Å²) in [5.74, 6) is -1.41. The normalized spacial score (nSPS) is 11.2. The first-order valence-corrected chi connectivity index (χ1v) is 6.84. The summed E-state index contributed by atoms with van der Waals surface area (Å²) in [5, 5.41) is 19.3. The molecule has 0 fully saturated rings. The van der Waals surface area contributed by atoms with Gasteiger partial charge in [0.1, 0.15) is 0 Å². The molecule has 0 saturated heterocycles. The van der Waals surface area contributed by atoms with E-state index in [2.05, 4.69) is 15.6 Å². The van der Waals surface area contributed by atoms with Gasteiger partial charge in [0.05, 0.1) is 18.2 Å². The van der Waals surface area contributed by atoms with Crippen LogP contribution in [-0.4, -0.2) is 38.5 Å². The van der Waals surface area contributed by atoms with Gasteiger partial charge < -0.3 is 10.4 Å². The van der Waals surface area contributed by atoms with E-state index in [-0.39, 0.29) is 12.2 Å². The summed E-state index contributed by atoms with van der Waals surface area (Å²) in [6.45, 7) is 3.62. The second-order valence-electron chi connectivity index (χ2n) is 5.66. The zero-order chi connectivity index (χ0) is 16.2. The maximum absolute atomic E-state index is 12.0. The molecular formula is C15H18N4O3. The van der Waals surface area contributed by atoms with E-state index in [9.17, 15) is 9.59 Å². The molecule has 1 heterocycles. The topological polar surface area (TPSA) is 97.1 Å². The number of amides is 1. The van der Waals surface area contributed by atoms with Gasteiger partial charge in [0.2, 0.25) is 0 Å². The summed E-state index contributed by atoms with van der Waals surface area (Å²) in [7, 11) is 0. The Balaban J connectivity index is 1.96. The van der Waals surface area contributed by atoms with Crippen molar-refractivity contribution in [2.24, 2.45) is 5.41 Å². The van der Waals surface area contributed by atoms with Gasteiger partial charge in [-0.3, -0.25) is 9.59 Å². The molecular weight excluding hydrogens is 284 g/mol. The summed E-state index contributed by atoms with van der Waals surface area (Å²) < 4.78 is 1.56. The summed E-state index contributed by atoms with van der Waals surface area (Å²) in [4.78, 5) is 23.0. The summed E-state index contributed by atoms with van der Waals surface area (Å²) in [5.41, 5.74) is 0.180. The van der Waals surface area contributed by atoms with Gasteiger partial charge in [0, 0.05) is 6.54 Å². The number of hydrogen-bond donors (Lipinski definition) is 2. The standard InChI is InChI=1S/C15H18N4O3/c1-15(2,14(21)22)10-16-13(20)12-9-19(18-17-12)8-11-6-4-3-5-7-11/h3-7,9H,8,10H2,1-2H3,(H,16,20)(H,21,22). The molecule has 2 rings (SSSR count). The maximum atomic E-state index is 12.0. The molecule has 0 atom stereocenters. The van der Waals surface area contributed by atoms with E-state index in [1.807, 2.05) is 30.3 Å². The molecule has 7 heteroatoms. The number of nitrogens with zero attached hydrogens (tertiary/aromatic N) is 3. The number of rotatable bonds is 6. The Morgan fingerprint density at radius 1 is 1.27 bits per heavy atom. The third kappa shape index (κ3) is 3.91. The van der Waals surface area contributed by atoms with Gasteiger partial charge in [-0.05, 0) is 19.4 Å². The number of carboxylic acids is 1. The first kappa shape index (κ1) is 15.7. The molecule has 0 aliphatic heterocycles. The Morgan fingerprint density at radius 3 is 2.59 bits per heavy atom. The van der Waals surface area contributed by atoms with Crippen molar-refractivity contribution in [2.45, 2.75) is 20.4 Å². The molecule has 1 aromatic carbocycles. The number of nitrogens with one attached hydrogen (secondary N) is 1. The smallest absolute Gasteiger partial charge is 0.310 e. The highest BCUT2D eigenvalue weighted by Crippen LogP contribution is 2.13. The monoisotopic (exact) mass is 302 g/mol. The van der Waals surface area contributed by atoms with E-state index in [0.717, 1.165) is 5.56 Å². The van der Waals surface area contributed by atoms with E-state index < -0.39 is 17.3 Å². The van der Waals surface area contributed by atoms with Crippen molar-refractivity contribution < 1.29 is 14.7 Å². The minimum Gasteiger partial charge on any atom is -0.481 e. The van der Waals surface area contributed by atoms with Gasteiger partial charge in [-0.15, -0.1) is 5.10 Å². The number of carbonyl (C=O) groups excluding carboxylic acids is 1. The van der Waals surface area contributed by atoms with E-state index in [1.165, 1.54) is 6.20 Å². The third-order valence-corrected chi connectivity index (χ3v) is 3.23. The van der Waals surface area contributed by atoms with Crippen LogP contribution in [0.25, 0.3) is 0 Å². The Bertz CT molecular complexity index is 664. The predicted molar refractivity (Wildman–Crippen MR) is 79.3 cm³/mol. The summed E-state index contributed by atoms with van der Waals surface area (Å²) >= 11 is 0. The molecule has 0 spiro atoms. The zero-order valence-corrected chi connectivity index (χ0v) is 12.5. The van der Waals surface area contributed by atoms with Crippen LogP contribution in [0.15, 0.2) is 36.5 Å². The fourth-order valence-corrected chi connectivity index (χ4v) is 1.72. The van der Waals surface area contributed by atoms with Crippen molar-refractivity contribution in [1.29, 1.82) is 0 Å². The molecule has 2 N–H and O–H groups in total. The van der Waals surface area contributed by atoms with Crippen LogP contribution >= 0.6 is 0 Å². The van der Waals surface area contributed by atoms with E-state index in [1.54, 1.807) is 18.5 Å². The Labute approximate surface area is 128 Å². The fourth-order valence-electron chi connectivity index (χ4n) is 1.72. The van der Waals surface area contributed by atoms with Crippen LogP contribution in [0.4, 0.5) is 0 Å². The quantitative estimate of drug-likeness (QED) is 0.834. The summed E-state index contributed by atoms with van der Waals surface area (Å²) in [6.07, 6.45) is 1.54. The van der Waals surface area contributed by atoms with E-state index in [0.29, 0.717) is 6.54 Å². The number of carbonyl (C=O) groups is 2. The molecule has 1 amide bonds. The van der Waals surface area contributed by atoms with Crippen LogP contribution in [0.5, 0.6) is 0 Å². The average molecular weight is 302 g/mol. The average Bonchev–Trinajstić information content (AvgIpc) is 2.94. The maximum Gasteiger partial charge on any atom is 0.310 e. The molecule has 0 aliphatic rings. The Morgan fingerprint density at radius 2 is 1.95 bits per heavy atom. The molecule has 0 radical (unpaired) electrons. The SMILES string of the molecule is CC(C)(CNC(=O)c1cn(Cc2ccccc2)nn1)C(=O)O. The van der Waals surface area contributed by atoms with Gasteiger partial charge in [0.15, 0.2) is 5.69 Å². The van der Waals surface area contributed by atoms with Gasteiger partial charge in [-0.1, -0.05) is 35.5 Å². The van der Waals surface area contributed by atoms with E-state index in [4.69, 9.17) is 5.11 Å². The van der Waals surface area contributed by atoms with Crippen LogP contribution in [0.3, 0.4) is 0 Å². The van der Waals surface area contributed by atoms with Crippen LogP contribution in [-0.2, 0) is 11.3 Å². The van der Waals surface area contributed by atoms with Crippen LogP contribution in [0.2, 0.25) is 0 Å². The molecule has 0 aliphatic carbocycles. The molecule has 0 saturated carbocycles. The lowest BCUT2D eigenvalue weighted by atomic mass is 9.94. The minimum absolute atomic E-state index is 0.0205. The van der Waals surface area contributed by atoms with Crippen molar-refractivity contribution >= 4 is 11.9 Å². The number of carboxylic acid groups (broad SMARTS) is 1. The molecule has 0 bridgehead atoms. The number of benzene rings is 1. The minimum atomic E-state index is -1.03. The van der Waals surface area contributed by atoms with Crippen molar-refractivity contribution in [3.63, 3.8) is 0 Å². The predicted octanol–water partition coefficient (Wildman–Crippen LogP) is 1.17. The molecule has 7 nitrogen and oxygen atoms in total. The van der Waals surface area contributed by atoms with Gasteiger partial charge in [-0.2, -0.15) is 0 Å². The molecule has 2 aromatic rings. The van der Waals surface area contributed by atoms with Gasteiger partial charge in [0.25, 0.3) is 5.91 Å². The fraction of sp³-hybridized carbons (Fsp3) is 0.333.